The zero-order valence-electron chi connectivity index (χ0n) is 11.2. The molecule has 0 saturated heterocycles. The van der Waals surface area contributed by atoms with E-state index in [2.05, 4.69) is 19.2 Å². The van der Waals surface area contributed by atoms with Crippen LogP contribution in [-0.2, 0) is 0 Å². The SMILES string of the molecule is CCC1CCCC1N[C@H](C)C1CCCCC1. The van der Waals surface area contributed by atoms with Gasteiger partial charge in [-0.25, -0.2) is 0 Å². The molecule has 0 aromatic heterocycles. The summed E-state index contributed by atoms with van der Waals surface area (Å²) in [7, 11) is 0. The van der Waals surface area contributed by atoms with E-state index in [1.54, 1.807) is 0 Å². The Bertz CT molecular complexity index is 196. The molecule has 3 atom stereocenters. The van der Waals surface area contributed by atoms with Crippen LogP contribution in [-0.4, -0.2) is 12.1 Å². The minimum absolute atomic E-state index is 0.762. The molecule has 0 amide bonds. The van der Waals surface area contributed by atoms with Crippen molar-refractivity contribution in [2.24, 2.45) is 11.8 Å². The van der Waals surface area contributed by atoms with E-state index in [9.17, 15) is 0 Å². The average molecular weight is 223 g/mol. The molecular weight excluding hydrogens is 194 g/mol. The van der Waals surface area contributed by atoms with E-state index in [0.717, 1.165) is 23.9 Å². The van der Waals surface area contributed by atoms with E-state index in [0.29, 0.717) is 0 Å². The maximum atomic E-state index is 3.95. The van der Waals surface area contributed by atoms with Crippen LogP contribution in [0.2, 0.25) is 0 Å². The fraction of sp³-hybridized carbons (Fsp3) is 1.00. The summed E-state index contributed by atoms with van der Waals surface area (Å²) >= 11 is 0. The molecule has 0 aliphatic heterocycles. The monoisotopic (exact) mass is 223 g/mol. The quantitative estimate of drug-likeness (QED) is 0.756. The Hall–Kier alpha value is -0.0400. The topological polar surface area (TPSA) is 12.0 Å². The Kier molecular flexibility index (Phi) is 4.69. The van der Waals surface area contributed by atoms with E-state index >= 15 is 0 Å². The van der Waals surface area contributed by atoms with Crippen LogP contribution in [0.4, 0.5) is 0 Å². The molecule has 2 saturated carbocycles. The highest BCUT2D eigenvalue weighted by molar-refractivity contribution is 4.86. The van der Waals surface area contributed by atoms with Crippen LogP contribution in [0.5, 0.6) is 0 Å². The summed E-state index contributed by atoms with van der Waals surface area (Å²) in [6, 6.07) is 1.60. The third-order valence-electron chi connectivity index (χ3n) is 5.02. The van der Waals surface area contributed by atoms with Crippen LogP contribution >= 0.6 is 0 Å². The first-order valence-electron chi connectivity index (χ1n) is 7.57. The molecule has 0 aromatic carbocycles. The maximum absolute atomic E-state index is 3.95. The van der Waals surface area contributed by atoms with Crippen molar-refractivity contribution in [2.45, 2.75) is 83.7 Å². The first kappa shape index (κ1) is 12.4. The van der Waals surface area contributed by atoms with Gasteiger partial charge in [0.15, 0.2) is 0 Å². The predicted molar refractivity (Wildman–Crippen MR) is 70.6 cm³/mol. The maximum Gasteiger partial charge on any atom is 0.00978 e. The van der Waals surface area contributed by atoms with Crippen LogP contribution in [0.15, 0.2) is 0 Å². The lowest BCUT2D eigenvalue weighted by Gasteiger charge is -2.32. The van der Waals surface area contributed by atoms with Gasteiger partial charge in [0, 0.05) is 12.1 Å². The Labute approximate surface area is 101 Å². The summed E-state index contributed by atoms with van der Waals surface area (Å²) in [4.78, 5) is 0. The van der Waals surface area contributed by atoms with Gasteiger partial charge in [-0.1, -0.05) is 39.0 Å². The second-order valence-corrected chi connectivity index (χ2v) is 6.06. The largest absolute Gasteiger partial charge is 0.311 e. The van der Waals surface area contributed by atoms with E-state index < -0.39 is 0 Å². The summed E-state index contributed by atoms with van der Waals surface area (Å²) in [5.41, 5.74) is 0. The van der Waals surface area contributed by atoms with Gasteiger partial charge in [0.05, 0.1) is 0 Å². The van der Waals surface area contributed by atoms with E-state index in [-0.39, 0.29) is 0 Å². The van der Waals surface area contributed by atoms with Crippen LogP contribution in [0.3, 0.4) is 0 Å². The van der Waals surface area contributed by atoms with Gasteiger partial charge in [0.2, 0.25) is 0 Å². The van der Waals surface area contributed by atoms with Crippen molar-refractivity contribution in [3.05, 3.63) is 0 Å². The Morgan fingerprint density at radius 1 is 1.00 bits per heavy atom. The molecule has 2 fully saturated rings. The van der Waals surface area contributed by atoms with Gasteiger partial charge in [-0.05, 0) is 44.4 Å². The Morgan fingerprint density at radius 2 is 1.75 bits per heavy atom. The van der Waals surface area contributed by atoms with Crippen molar-refractivity contribution >= 4 is 0 Å². The third kappa shape index (κ3) is 3.00. The fourth-order valence-corrected chi connectivity index (χ4v) is 3.85. The zero-order valence-corrected chi connectivity index (χ0v) is 11.2. The lowest BCUT2D eigenvalue weighted by atomic mass is 9.84. The second kappa shape index (κ2) is 6.05. The molecule has 2 rings (SSSR count). The average Bonchev–Trinajstić information content (AvgIpc) is 2.77. The number of nitrogens with one attached hydrogen (secondary N) is 1. The zero-order chi connectivity index (χ0) is 11.4. The molecule has 1 N–H and O–H groups in total. The minimum Gasteiger partial charge on any atom is -0.311 e. The molecule has 2 aliphatic rings. The molecule has 16 heavy (non-hydrogen) atoms. The Balaban J connectivity index is 1.78. The predicted octanol–water partition coefficient (Wildman–Crippen LogP) is 4.12. The fourth-order valence-electron chi connectivity index (χ4n) is 3.85. The molecular formula is C15H29N. The molecule has 0 heterocycles. The number of hydrogen-bond acceptors (Lipinski definition) is 1. The molecule has 0 bridgehead atoms. The molecule has 94 valence electrons. The first-order valence-corrected chi connectivity index (χ1v) is 7.57. The molecule has 2 unspecified atom stereocenters. The minimum atomic E-state index is 0.762. The molecule has 1 nitrogen and oxygen atoms in total. The van der Waals surface area contributed by atoms with Gasteiger partial charge >= 0.3 is 0 Å². The molecule has 0 aromatic rings. The molecule has 0 radical (unpaired) electrons. The lowest BCUT2D eigenvalue weighted by Crippen LogP contribution is -2.43. The van der Waals surface area contributed by atoms with Crippen molar-refractivity contribution in [2.75, 3.05) is 0 Å². The smallest absolute Gasteiger partial charge is 0.00978 e. The summed E-state index contributed by atoms with van der Waals surface area (Å²) in [5.74, 6) is 1.93. The third-order valence-corrected chi connectivity index (χ3v) is 5.02. The van der Waals surface area contributed by atoms with Crippen LogP contribution in [0, 0.1) is 11.8 Å². The van der Waals surface area contributed by atoms with Crippen LogP contribution < -0.4 is 5.32 Å². The van der Waals surface area contributed by atoms with Gasteiger partial charge in [0.25, 0.3) is 0 Å². The summed E-state index contributed by atoms with van der Waals surface area (Å²) in [5, 5.41) is 3.95. The molecule has 2 aliphatic carbocycles. The van der Waals surface area contributed by atoms with E-state index in [1.807, 2.05) is 0 Å². The molecule has 1 heteroatoms. The van der Waals surface area contributed by atoms with E-state index in [4.69, 9.17) is 0 Å². The van der Waals surface area contributed by atoms with Gasteiger partial charge < -0.3 is 5.32 Å². The van der Waals surface area contributed by atoms with Crippen molar-refractivity contribution in [3.8, 4) is 0 Å². The van der Waals surface area contributed by atoms with Crippen molar-refractivity contribution in [1.82, 2.24) is 5.32 Å². The first-order chi connectivity index (χ1) is 7.81. The Morgan fingerprint density at radius 3 is 2.44 bits per heavy atom. The summed E-state index contributed by atoms with van der Waals surface area (Å²) < 4.78 is 0. The highest BCUT2D eigenvalue weighted by Gasteiger charge is 2.29. The lowest BCUT2D eigenvalue weighted by molar-refractivity contribution is 0.245. The van der Waals surface area contributed by atoms with Gasteiger partial charge in [-0.2, -0.15) is 0 Å². The van der Waals surface area contributed by atoms with Crippen LogP contribution in [0.1, 0.15) is 71.6 Å². The van der Waals surface area contributed by atoms with Gasteiger partial charge in [-0.15, -0.1) is 0 Å². The molecule has 0 spiro atoms. The van der Waals surface area contributed by atoms with Gasteiger partial charge in [0.1, 0.15) is 0 Å². The number of hydrogen-bond donors (Lipinski definition) is 1. The summed E-state index contributed by atoms with van der Waals surface area (Å²) in [6.07, 6.45) is 13.1. The van der Waals surface area contributed by atoms with Crippen LogP contribution in [0.25, 0.3) is 0 Å². The standard InChI is InChI=1S/C15H29N/c1-3-13-10-7-11-15(13)16-12(2)14-8-5-4-6-9-14/h12-16H,3-11H2,1-2H3/t12-,13?,15?/m1/s1. The van der Waals surface area contributed by atoms with Crippen molar-refractivity contribution in [3.63, 3.8) is 0 Å². The second-order valence-electron chi connectivity index (χ2n) is 6.06. The number of rotatable bonds is 4. The van der Waals surface area contributed by atoms with Gasteiger partial charge in [-0.3, -0.25) is 0 Å². The highest BCUT2D eigenvalue weighted by atomic mass is 15.0. The highest BCUT2D eigenvalue weighted by Crippen LogP contribution is 2.31. The van der Waals surface area contributed by atoms with Crippen molar-refractivity contribution in [1.29, 1.82) is 0 Å². The normalized spacial score (nSPS) is 34.1. The van der Waals surface area contributed by atoms with Crippen molar-refractivity contribution < 1.29 is 0 Å². The summed E-state index contributed by atoms with van der Waals surface area (Å²) in [6.45, 7) is 4.79. The van der Waals surface area contributed by atoms with E-state index in [1.165, 1.54) is 57.8 Å².